The fourth-order valence-electron chi connectivity index (χ4n) is 2.08. The zero-order chi connectivity index (χ0) is 7.14. The van der Waals surface area contributed by atoms with Gasteiger partial charge in [0.2, 0.25) is 0 Å². The van der Waals surface area contributed by atoms with Gasteiger partial charge in [-0.1, -0.05) is 12.2 Å². The zero-order valence-electron chi connectivity index (χ0n) is 6.85. The van der Waals surface area contributed by atoms with Crippen molar-refractivity contribution in [3.05, 3.63) is 12.2 Å². The Morgan fingerprint density at radius 2 is 1.17 bits per heavy atom. The van der Waals surface area contributed by atoms with E-state index in [-0.39, 0.29) is 36.9 Å². The fraction of sp³-hybridized carbons (Fsp3) is 0.750. The minimum absolute atomic E-state index is 0. The first-order valence-electron chi connectivity index (χ1n) is 3.98. The molecule has 2 nitrogen and oxygen atoms in total. The SMILES string of the molecule is Cl.Cl.NC1C2C=CC(CC2)C1N. The molecule has 2 bridgehead atoms. The normalized spacial score (nSPS) is 43.2. The van der Waals surface area contributed by atoms with E-state index in [0.29, 0.717) is 11.8 Å². The maximum Gasteiger partial charge on any atom is 0.0261 e. The predicted octanol–water partition coefficient (Wildman–Crippen LogP) is 1.08. The van der Waals surface area contributed by atoms with Crippen LogP contribution in [-0.4, -0.2) is 12.1 Å². The third kappa shape index (κ3) is 1.77. The summed E-state index contributed by atoms with van der Waals surface area (Å²) in [7, 11) is 0. The molecule has 0 aliphatic heterocycles. The highest BCUT2D eigenvalue weighted by Crippen LogP contribution is 2.34. The number of fused-ring (bicyclic) bond motifs is 2. The first kappa shape index (κ1) is 12.2. The molecule has 0 aromatic carbocycles. The minimum atomic E-state index is 0. The van der Waals surface area contributed by atoms with Gasteiger partial charge in [0.1, 0.15) is 0 Å². The van der Waals surface area contributed by atoms with Crippen LogP contribution in [0.25, 0.3) is 0 Å². The second-order valence-electron chi connectivity index (χ2n) is 3.44. The first-order chi connectivity index (χ1) is 4.79. The molecule has 0 radical (unpaired) electrons. The number of hydrogen-bond donors (Lipinski definition) is 2. The van der Waals surface area contributed by atoms with E-state index >= 15 is 0 Å². The van der Waals surface area contributed by atoms with E-state index in [0.717, 1.165) is 0 Å². The Bertz CT molecular complexity index is 154. The molecule has 12 heavy (non-hydrogen) atoms. The summed E-state index contributed by atoms with van der Waals surface area (Å²) in [4.78, 5) is 0. The molecule has 3 aliphatic rings. The van der Waals surface area contributed by atoms with Gasteiger partial charge in [0.05, 0.1) is 0 Å². The van der Waals surface area contributed by atoms with Gasteiger partial charge in [0.25, 0.3) is 0 Å². The predicted molar refractivity (Wildman–Crippen MR) is 55.8 cm³/mol. The first-order valence-corrected chi connectivity index (χ1v) is 3.98. The highest BCUT2D eigenvalue weighted by Gasteiger charge is 2.35. The number of halogens is 2. The molecule has 0 aromatic rings. The molecule has 3 rings (SSSR count). The minimum Gasteiger partial charge on any atom is -0.326 e. The molecule has 4 N–H and O–H groups in total. The van der Waals surface area contributed by atoms with Gasteiger partial charge in [-0.3, -0.25) is 0 Å². The van der Waals surface area contributed by atoms with Gasteiger partial charge in [-0.2, -0.15) is 0 Å². The molecule has 0 spiro atoms. The smallest absolute Gasteiger partial charge is 0.0261 e. The van der Waals surface area contributed by atoms with Gasteiger partial charge in [0.15, 0.2) is 0 Å². The Labute approximate surface area is 85.6 Å². The van der Waals surface area contributed by atoms with Gasteiger partial charge in [-0.25, -0.2) is 0 Å². The molecule has 0 saturated heterocycles. The van der Waals surface area contributed by atoms with E-state index in [1.54, 1.807) is 0 Å². The lowest BCUT2D eigenvalue weighted by Crippen LogP contribution is -2.55. The van der Waals surface area contributed by atoms with E-state index in [9.17, 15) is 0 Å². The van der Waals surface area contributed by atoms with E-state index in [4.69, 9.17) is 11.5 Å². The van der Waals surface area contributed by atoms with Crippen LogP contribution >= 0.6 is 24.8 Å². The summed E-state index contributed by atoms with van der Waals surface area (Å²) >= 11 is 0. The lowest BCUT2D eigenvalue weighted by Gasteiger charge is -2.41. The molecule has 72 valence electrons. The van der Waals surface area contributed by atoms with Crippen molar-refractivity contribution in [3.63, 3.8) is 0 Å². The number of nitrogens with two attached hydrogens (primary N) is 2. The molecule has 0 amide bonds. The standard InChI is InChI=1S/C8H14N2.2ClH/c9-7-5-1-2-6(4-3-5)8(7)10;;/h1-2,5-8H,3-4,9-10H2;2*1H. The molecule has 0 aromatic heterocycles. The van der Waals surface area contributed by atoms with Gasteiger partial charge in [-0.05, 0) is 24.7 Å². The van der Waals surface area contributed by atoms with Crippen LogP contribution in [0.2, 0.25) is 0 Å². The molecular weight excluding hydrogens is 195 g/mol. The van der Waals surface area contributed by atoms with Crippen molar-refractivity contribution in [2.45, 2.75) is 24.9 Å². The van der Waals surface area contributed by atoms with E-state index in [1.807, 2.05) is 0 Å². The van der Waals surface area contributed by atoms with Crippen molar-refractivity contribution >= 4 is 24.8 Å². The molecule has 4 heteroatoms. The highest BCUT2D eigenvalue weighted by atomic mass is 35.5. The summed E-state index contributed by atoms with van der Waals surface area (Å²) in [5.41, 5.74) is 11.8. The average molecular weight is 211 g/mol. The average Bonchev–Trinajstić information content (AvgIpc) is 2.00. The van der Waals surface area contributed by atoms with Crippen LogP contribution in [0.1, 0.15) is 12.8 Å². The third-order valence-electron chi connectivity index (χ3n) is 2.87. The Morgan fingerprint density at radius 1 is 0.833 bits per heavy atom. The van der Waals surface area contributed by atoms with Crippen molar-refractivity contribution in [3.8, 4) is 0 Å². The summed E-state index contributed by atoms with van der Waals surface area (Å²) in [5, 5.41) is 0. The van der Waals surface area contributed by atoms with Crippen LogP contribution in [0.15, 0.2) is 12.2 Å². The fourth-order valence-corrected chi connectivity index (χ4v) is 2.08. The Kier molecular flexibility index (Phi) is 4.56. The summed E-state index contributed by atoms with van der Waals surface area (Å²) in [6.45, 7) is 0. The second kappa shape index (κ2) is 4.47. The molecule has 1 saturated carbocycles. The maximum absolute atomic E-state index is 5.89. The number of hydrogen-bond acceptors (Lipinski definition) is 2. The molecule has 4 atom stereocenters. The molecule has 3 aliphatic carbocycles. The van der Waals surface area contributed by atoms with Gasteiger partial charge >= 0.3 is 0 Å². The topological polar surface area (TPSA) is 52.0 Å². The third-order valence-corrected chi connectivity index (χ3v) is 2.87. The maximum atomic E-state index is 5.89. The number of rotatable bonds is 0. The van der Waals surface area contributed by atoms with Crippen LogP contribution < -0.4 is 11.5 Å². The van der Waals surface area contributed by atoms with Crippen LogP contribution in [0.3, 0.4) is 0 Å². The van der Waals surface area contributed by atoms with Crippen molar-refractivity contribution in [2.24, 2.45) is 23.3 Å². The lowest BCUT2D eigenvalue weighted by atomic mass is 9.70. The van der Waals surface area contributed by atoms with Crippen molar-refractivity contribution < 1.29 is 0 Å². The molecular formula is C8H16Cl2N2. The molecule has 1 fully saturated rings. The van der Waals surface area contributed by atoms with Crippen LogP contribution in [-0.2, 0) is 0 Å². The lowest BCUT2D eigenvalue weighted by molar-refractivity contribution is 0.244. The monoisotopic (exact) mass is 210 g/mol. The quantitative estimate of drug-likeness (QED) is 0.589. The van der Waals surface area contributed by atoms with Crippen molar-refractivity contribution in [1.82, 2.24) is 0 Å². The summed E-state index contributed by atoms with van der Waals surface area (Å²) in [6, 6.07) is 0.451. The largest absolute Gasteiger partial charge is 0.326 e. The Hall–Kier alpha value is 0.240. The molecule has 4 unspecified atom stereocenters. The Morgan fingerprint density at radius 3 is 1.33 bits per heavy atom. The molecule has 0 heterocycles. The van der Waals surface area contributed by atoms with Gasteiger partial charge < -0.3 is 11.5 Å². The van der Waals surface area contributed by atoms with Crippen LogP contribution in [0, 0.1) is 11.8 Å². The Balaban J connectivity index is 0.000000605. The van der Waals surface area contributed by atoms with Gasteiger partial charge in [-0.15, -0.1) is 24.8 Å². The second-order valence-corrected chi connectivity index (χ2v) is 3.44. The van der Waals surface area contributed by atoms with E-state index in [1.165, 1.54) is 12.8 Å². The zero-order valence-corrected chi connectivity index (χ0v) is 8.48. The summed E-state index contributed by atoms with van der Waals surface area (Å²) in [6.07, 6.45) is 6.97. The highest BCUT2D eigenvalue weighted by molar-refractivity contribution is 5.85. The van der Waals surface area contributed by atoms with Crippen LogP contribution in [0.4, 0.5) is 0 Å². The van der Waals surface area contributed by atoms with E-state index < -0.39 is 0 Å². The summed E-state index contributed by atoms with van der Waals surface area (Å²) in [5.74, 6) is 1.14. The van der Waals surface area contributed by atoms with Crippen molar-refractivity contribution in [2.75, 3.05) is 0 Å². The van der Waals surface area contributed by atoms with E-state index in [2.05, 4.69) is 12.2 Å². The van der Waals surface area contributed by atoms with Crippen molar-refractivity contribution in [1.29, 1.82) is 0 Å². The van der Waals surface area contributed by atoms with Crippen LogP contribution in [0.5, 0.6) is 0 Å². The summed E-state index contributed by atoms with van der Waals surface area (Å²) < 4.78 is 0. The van der Waals surface area contributed by atoms with Gasteiger partial charge in [0, 0.05) is 12.1 Å².